The fourth-order valence-corrected chi connectivity index (χ4v) is 2.31. The Morgan fingerprint density at radius 2 is 2.29 bits per heavy atom. The van der Waals surface area contributed by atoms with Crippen LogP contribution >= 0.6 is 0 Å². The maximum absolute atomic E-state index is 12.3. The van der Waals surface area contributed by atoms with Crippen LogP contribution < -0.4 is 5.32 Å². The van der Waals surface area contributed by atoms with Crippen molar-refractivity contribution in [2.75, 3.05) is 19.7 Å². The van der Waals surface area contributed by atoms with Crippen LogP contribution in [-0.4, -0.2) is 57.8 Å². The molecule has 8 nitrogen and oxygen atoms in total. The second kappa shape index (κ2) is 7.05. The molecule has 0 aromatic carbocycles. The number of hydrogen-bond donors (Lipinski definition) is 2. The van der Waals surface area contributed by atoms with E-state index in [2.05, 4.69) is 20.5 Å². The van der Waals surface area contributed by atoms with Crippen molar-refractivity contribution in [2.45, 2.75) is 39.2 Å². The van der Waals surface area contributed by atoms with Crippen LogP contribution in [0.15, 0.2) is 0 Å². The van der Waals surface area contributed by atoms with Gasteiger partial charge in [-0.25, -0.2) is 9.78 Å². The molecule has 2 amide bonds. The molecule has 2 N–H and O–H groups in total. The first kappa shape index (κ1) is 15.3. The quantitative estimate of drug-likeness (QED) is 0.852. The van der Waals surface area contributed by atoms with Crippen molar-refractivity contribution in [1.29, 1.82) is 0 Å². The van der Waals surface area contributed by atoms with Crippen molar-refractivity contribution in [1.82, 2.24) is 25.4 Å². The molecule has 21 heavy (non-hydrogen) atoms. The van der Waals surface area contributed by atoms with Crippen molar-refractivity contribution in [3.63, 3.8) is 0 Å². The first-order valence-electron chi connectivity index (χ1n) is 7.27. The maximum atomic E-state index is 12.3. The van der Waals surface area contributed by atoms with Gasteiger partial charge in [-0.05, 0) is 19.8 Å². The molecule has 0 radical (unpaired) electrons. The second-order valence-corrected chi connectivity index (χ2v) is 4.91. The molecule has 1 aromatic heterocycles. The topological polar surface area (TPSA) is 100 Å². The Morgan fingerprint density at radius 1 is 1.48 bits per heavy atom. The molecule has 2 heterocycles. The van der Waals surface area contributed by atoms with E-state index in [1.807, 2.05) is 6.92 Å². The molecule has 1 aromatic rings. The summed E-state index contributed by atoms with van der Waals surface area (Å²) in [5.41, 5.74) is 0. The van der Waals surface area contributed by atoms with E-state index in [1.165, 1.54) is 0 Å². The smallest absolute Gasteiger partial charge is 0.407 e. The zero-order valence-electron chi connectivity index (χ0n) is 12.4. The van der Waals surface area contributed by atoms with E-state index < -0.39 is 6.09 Å². The van der Waals surface area contributed by atoms with E-state index in [9.17, 15) is 9.59 Å². The van der Waals surface area contributed by atoms with E-state index >= 15 is 0 Å². The third-order valence-electron chi connectivity index (χ3n) is 3.36. The van der Waals surface area contributed by atoms with Crippen LogP contribution in [-0.2, 0) is 11.2 Å². The monoisotopic (exact) mass is 295 g/mol. The molecule has 1 fully saturated rings. The van der Waals surface area contributed by atoms with Gasteiger partial charge < -0.3 is 15.0 Å². The Balaban J connectivity index is 1.93. The molecule has 2 rings (SSSR count). The van der Waals surface area contributed by atoms with Crippen LogP contribution in [0.25, 0.3) is 0 Å². The Morgan fingerprint density at radius 3 is 2.95 bits per heavy atom. The number of likely N-dealkylation sites (tertiary alicyclic amines) is 1. The lowest BCUT2D eigenvalue weighted by molar-refractivity contribution is 0.0674. The highest BCUT2D eigenvalue weighted by Gasteiger charge is 2.27. The lowest BCUT2D eigenvalue weighted by atomic mass is 10.1. The van der Waals surface area contributed by atoms with Gasteiger partial charge in [0.1, 0.15) is 5.82 Å². The summed E-state index contributed by atoms with van der Waals surface area (Å²) in [4.78, 5) is 29.6. The lowest BCUT2D eigenvalue weighted by Gasteiger charge is -2.32. The van der Waals surface area contributed by atoms with E-state index in [4.69, 9.17) is 4.74 Å². The third-order valence-corrected chi connectivity index (χ3v) is 3.36. The van der Waals surface area contributed by atoms with Gasteiger partial charge in [0.25, 0.3) is 5.91 Å². The first-order valence-corrected chi connectivity index (χ1v) is 7.27. The number of piperidine rings is 1. The number of amides is 2. The van der Waals surface area contributed by atoms with Crippen LogP contribution in [0, 0.1) is 0 Å². The number of aromatic amines is 1. The summed E-state index contributed by atoms with van der Waals surface area (Å²) in [5, 5.41) is 9.44. The number of nitrogens with one attached hydrogen (secondary N) is 2. The molecular formula is C13H21N5O3. The minimum atomic E-state index is -0.442. The Hall–Kier alpha value is -2.12. The number of carbonyl (C=O) groups is 2. The van der Waals surface area contributed by atoms with Gasteiger partial charge in [0.05, 0.1) is 6.61 Å². The Labute approximate surface area is 123 Å². The highest BCUT2D eigenvalue weighted by molar-refractivity contribution is 5.90. The summed E-state index contributed by atoms with van der Waals surface area (Å²) in [7, 11) is 0. The van der Waals surface area contributed by atoms with E-state index in [0.717, 1.165) is 12.8 Å². The average molecular weight is 295 g/mol. The summed E-state index contributed by atoms with van der Waals surface area (Å²) in [6.07, 6.45) is 1.92. The lowest BCUT2D eigenvalue weighted by Crippen LogP contribution is -2.49. The minimum absolute atomic E-state index is 0.0914. The molecule has 8 heteroatoms. The summed E-state index contributed by atoms with van der Waals surface area (Å²) in [6, 6.07) is -0.0914. The summed E-state index contributed by atoms with van der Waals surface area (Å²) in [5.74, 6) is 0.668. The SMILES string of the molecule is CCOC(=O)NC1CCCN(C(=O)c2n[nH]c(CC)n2)C1. The number of H-pyrrole nitrogens is 1. The summed E-state index contributed by atoms with van der Waals surface area (Å²) >= 11 is 0. The van der Waals surface area contributed by atoms with E-state index in [-0.39, 0.29) is 17.8 Å². The fourth-order valence-electron chi connectivity index (χ4n) is 2.31. The number of ether oxygens (including phenoxy) is 1. The first-order chi connectivity index (χ1) is 10.1. The molecule has 1 atom stereocenters. The van der Waals surface area contributed by atoms with Gasteiger partial charge in [-0.3, -0.25) is 9.89 Å². The normalized spacial score (nSPS) is 18.4. The average Bonchev–Trinajstić information content (AvgIpc) is 2.96. The Kier molecular flexibility index (Phi) is 5.13. The summed E-state index contributed by atoms with van der Waals surface area (Å²) < 4.78 is 4.86. The van der Waals surface area contributed by atoms with Crippen LogP contribution in [0.1, 0.15) is 43.1 Å². The molecule has 1 unspecified atom stereocenters. The predicted octanol–water partition coefficient (Wildman–Crippen LogP) is 0.718. The highest BCUT2D eigenvalue weighted by atomic mass is 16.5. The van der Waals surface area contributed by atoms with Gasteiger partial charge >= 0.3 is 6.09 Å². The number of nitrogens with zero attached hydrogens (tertiary/aromatic N) is 3. The minimum Gasteiger partial charge on any atom is -0.450 e. The van der Waals surface area contributed by atoms with Crippen LogP contribution in [0.3, 0.4) is 0 Å². The molecule has 1 aliphatic rings. The van der Waals surface area contributed by atoms with Gasteiger partial charge in [0.2, 0.25) is 5.82 Å². The zero-order chi connectivity index (χ0) is 15.2. The number of aromatic nitrogens is 3. The molecule has 1 saturated heterocycles. The van der Waals surface area contributed by atoms with Gasteiger partial charge in [0, 0.05) is 25.6 Å². The van der Waals surface area contributed by atoms with E-state index in [1.54, 1.807) is 11.8 Å². The van der Waals surface area contributed by atoms with Crippen LogP contribution in [0.4, 0.5) is 4.79 Å². The fraction of sp³-hybridized carbons (Fsp3) is 0.692. The number of hydrogen-bond acceptors (Lipinski definition) is 5. The van der Waals surface area contributed by atoms with Crippen LogP contribution in [0.2, 0.25) is 0 Å². The number of carbonyl (C=O) groups excluding carboxylic acids is 2. The molecular weight excluding hydrogens is 274 g/mol. The van der Waals surface area contributed by atoms with Gasteiger partial charge in [-0.1, -0.05) is 6.92 Å². The van der Waals surface area contributed by atoms with Crippen LogP contribution in [0.5, 0.6) is 0 Å². The maximum Gasteiger partial charge on any atom is 0.407 e. The van der Waals surface area contributed by atoms with Crippen molar-refractivity contribution >= 4 is 12.0 Å². The standard InChI is InChI=1S/C13H21N5O3/c1-3-10-15-11(17-16-10)12(19)18-7-5-6-9(8-18)14-13(20)21-4-2/h9H,3-8H2,1-2H3,(H,14,20)(H,15,16,17). The Bertz CT molecular complexity index is 502. The number of rotatable bonds is 4. The van der Waals surface area contributed by atoms with Crippen molar-refractivity contribution in [3.05, 3.63) is 11.6 Å². The second-order valence-electron chi connectivity index (χ2n) is 4.91. The van der Waals surface area contributed by atoms with E-state index in [0.29, 0.717) is 31.9 Å². The van der Waals surface area contributed by atoms with Crippen molar-refractivity contribution in [3.8, 4) is 0 Å². The molecule has 0 spiro atoms. The van der Waals surface area contributed by atoms with Crippen molar-refractivity contribution in [2.24, 2.45) is 0 Å². The van der Waals surface area contributed by atoms with Gasteiger partial charge in [-0.2, -0.15) is 0 Å². The molecule has 1 aliphatic heterocycles. The molecule has 0 saturated carbocycles. The summed E-state index contributed by atoms with van der Waals surface area (Å²) in [6.45, 7) is 5.13. The number of alkyl carbamates (subject to hydrolysis) is 1. The van der Waals surface area contributed by atoms with Crippen molar-refractivity contribution < 1.29 is 14.3 Å². The predicted molar refractivity (Wildman–Crippen MR) is 74.8 cm³/mol. The highest BCUT2D eigenvalue weighted by Crippen LogP contribution is 2.12. The molecule has 0 bridgehead atoms. The number of aryl methyl sites for hydroxylation is 1. The third kappa shape index (κ3) is 3.93. The molecule has 116 valence electrons. The zero-order valence-corrected chi connectivity index (χ0v) is 12.4. The molecule has 0 aliphatic carbocycles. The van der Waals surface area contributed by atoms with Gasteiger partial charge in [0.15, 0.2) is 0 Å². The van der Waals surface area contributed by atoms with Gasteiger partial charge in [-0.15, -0.1) is 5.10 Å². The largest absolute Gasteiger partial charge is 0.450 e.